The number of hydrogen-bond acceptors (Lipinski definition) is 14. The summed E-state index contributed by atoms with van der Waals surface area (Å²) >= 11 is 0. The first-order valence-electron chi connectivity index (χ1n) is 16.7. The summed E-state index contributed by atoms with van der Waals surface area (Å²) in [7, 11) is -0.235. The molecule has 3 aromatic heterocycles. The van der Waals surface area contributed by atoms with Crippen molar-refractivity contribution in [1.29, 1.82) is 0 Å². The van der Waals surface area contributed by atoms with Crippen LogP contribution < -0.4 is 28.0 Å². The number of nitrogens with zero attached hydrogens (tertiary/aromatic N) is 4. The number of carboxylic acid groups (broad SMARTS) is 3. The van der Waals surface area contributed by atoms with E-state index >= 15 is 0 Å². The molecule has 1 unspecified atom stereocenters. The molecule has 2 aromatic carbocycles. The molecule has 13 N–H and O–H groups in total. The number of aromatic amines is 1. The van der Waals surface area contributed by atoms with E-state index in [-0.39, 0.29) is 23.1 Å². The molecule has 0 bridgehead atoms. The van der Waals surface area contributed by atoms with Crippen LogP contribution in [0, 0.1) is 0 Å². The highest BCUT2D eigenvalue weighted by atomic mass is 32.2. The SMILES string of the molecule is C[S+](CC[C@H](N)C(=O)O)C[C@H]1O[C@@H](n2cnc3c(N)ncnc32)[C@H](O)[C@@H]1O.N[C@@H](Cc1c[nH]c2ccccc12)C(=O)[O-].N[C@@H](Cc1ccccc1)C(=O)O. The van der Waals surface area contributed by atoms with Crippen molar-refractivity contribution in [3.63, 3.8) is 0 Å². The van der Waals surface area contributed by atoms with Gasteiger partial charge < -0.3 is 63.0 Å². The summed E-state index contributed by atoms with van der Waals surface area (Å²) in [6.07, 6.45) is 3.76. The molecule has 1 aliphatic rings. The van der Waals surface area contributed by atoms with Gasteiger partial charge in [0, 0.05) is 29.6 Å². The number of benzene rings is 2. The smallest absolute Gasteiger partial charge is 0.320 e. The number of nitrogens with one attached hydrogen (secondary N) is 1. The van der Waals surface area contributed by atoms with Gasteiger partial charge in [-0.05, 0) is 40.9 Å². The van der Waals surface area contributed by atoms with E-state index in [1.807, 2.05) is 60.9 Å². The van der Waals surface area contributed by atoms with E-state index in [1.54, 1.807) is 6.20 Å². The van der Waals surface area contributed by atoms with Crippen molar-refractivity contribution in [1.82, 2.24) is 24.5 Å². The summed E-state index contributed by atoms with van der Waals surface area (Å²) in [6.45, 7) is 0. The third kappa shape index (κ3) is 10.9. The van der Waals surface area contributed by atoms with Crippen LogP contribution in [0.25, 0.3) is 22.1 Å². The van der Waals surface area contributed by atoms with Crippen molar-refractivity contribution >= 4 is 56.7 Å². The predicted octanol–water partition coefficient (Wildman–Crippen LogP) is -1.49. The molecular formula is C35H45N9O9S. The number of aliphatic carboxylic acids is 3. The molecule has 5 aromatic rings. The van der Waals surface area contributed by atoms with Crippen molar-refractivity contribution < 1.29 is 44.7 Å². The van der Waals surface area contributed by atoms with E-state index in [1.165, 1.54) is 17.2 Å². The monoisotopic (exact) mass is 767 g/mol. The molecule has 0 radical (unpaired) electrons. The standard InChI is InChI=1S/C15H22N6O5S.C11H12N2O2.C9H11NO2/c1-27(3-2-7(16)15(24)25)4-8-10(22)11(23)14(26-8)21-6-20-9-12(17)18-5-19-13(9)21;12-9(11(14)15)5-7-6-13-10-4-2-1-3-8(7)10;10-8(9(11)12)6-7-4-2-1-3-5-7/h5-8,10-11,14,22-23H,2-4,16H2,1H3,(H2-,17,18,19,24,25);1-4,6,9,13H,5,12H2,(H,14,15);1-5,8H,6,10H2,(H,11,12)/t7-,8+,10+,11+,14+,27?;9-;8-/m000/s1. The molecule has 0 aliphatic carbocycles. The van der Waals surface area contributed by atoms with Gasteiger partial charge in [-0.15, -0.1) is 0 Å². The van der Waals surface area contributed by atoms with Crippen molar-refractivity contribution in [2.75, 3.05) is 23.5 Å². The largest absolute Gasteiger partial charge is 0.548 e. The molecule has 54 heavy (non-hydrogen) atoms. The Balaban J connectivity index is 0.000000202. The Morgan fingerprint density at radius 1 is 0.926 bits per heavy atom. The first-order valence-corrected chi connectivity index (χ1v) is 18.7. The summed E-state index contributed by atoms with van der Waals surface area (Å²) in [5, 5.41) is 49.7. The second kappa shape index (κ2) is 19.3. The highest BCUT2D eigenvalue weighted by Crippen LogP contribution is 2.32. The Labute approximate surface area is 312 Å². The van der Waals surface area contributed by atoms with Crippen LogP contribution in [-0.4, -0.2) is 117 Å². The van der Waals surface area contributed by atoms with Crippen LogP contribution in [0.2, 0.25) is 0 Å². The van der Waals surface area contributed by atoms with E-state index in [4.69, 9.17) is 37.9 Å². The fourth-order valence-corrected chi connectivity index (χ4v) is 7.20. The number of anilines is 1. The zero-order valence-electron chi connectivity index (χ0n) is 29.3. The summed E-state index contributed by atoms with van der Waals surface area (Å²) in [5.41, 5.74) is 25.7. The maximum atomic E-state index is 10.8. The van der Waals surface area contributed by atoms with Crippen LogP contribution in [0.3, 0.4) is 0 Å². The lowest BCUT2D eigenvalue weighted by Gasteiger charge is -2.16. The quantitative estimate of drug-likeness (QED) is 0.0616. The van der Waals surface area contributed by atoms with E-state index in [0.29, 0.717) is 35.5 Å². The van der Waals surface area contributed by atoms with Crippen LogP contribution >= 0.6 is 0 Å². The molecule has 0 saturated carbocycles. The number of rotatable bonds is 13. The third-order valence-electron chi connectivity index (χ3n) is 8.57. The van der Waals surface area contributed by atoms with Crippen LogP contribution in [0.5, 0.6) is 0 Å². The molecule has 18 nitrogen and oxygen atoms in total. The van der Waals surface area contributed by atoms with Crippen LogP contribution in [0.15, 0.2) is 73.4 Å². The minimum absolute atomic E-state index is 0.216. The minimum Gasteiger partial charge on any atom is -0.548 e. The van der Waals surface area contributed by atoms with Gasteiger partial charge in [-0.1, -0.05) is 48.5 Å². The number of fused-ring (bicyclic) bond motifs is 2. The normalized spacial score (nSPS) is 20.2. The topological polar surface area (TPSA) is 328 Å². The maximum Gasteiger partial charge on any atom is 0.320 e. The van der Waals surface area contributed by atoms with Crippen molar-refractivity contribution in [3.8, 4) is 0 Å². The highest BCUT2D eigenvalue weighted by molar-refractivity contribution is 7.96. The lowest BCUT2D eigenvalue weighted by atomic mass is 10.1. The first-order chi connectivity index (χ1) is 25.7. The summed E-state index contributed by atoms with van der Waals surface area (Å²) in [5.74, 6) is -1.93. The molecule has 0 amide bonds. The van der Waals surface area contributed by atoms with Gasteiger partial charge in [0.15, 0.2) is 17.7 Å². The van der Waals surface area contributed by atoms with E-state index in [0.717, 1.165) is 22.0 Å². The molecule has 1 saturated heterocycles. The second-order valence-electron chi connectivity index (χ2n) is 12.6. The Bertz CT molecular complexity index is 2000. The molecule has 1 aliphatic heterocycles. The van der Waals surface area contributed by atoms with Gasteiger partial charge in [0.1, 0.15) is 53.7 Å². The molecule has 290 valence electrons. The molecule has 8 atom stereocenters. The number of aromatic nitrogens is 5. The lowest BCUT2D eigenvalue weighted by molar-refractivity contribution is -0.307. The number of aliphatic hydroxyl groups excluding tert-OH is 2. The predicted molar refractivity (Wildman–Crippen MR) is 200 cm³/mol. The zero-order valence-corrected chi connectivity index (χ0v) is 30.2. The van der Waals surface area contributed by atoms with Gasteiger partial charge in [0.25, 0.3) is 0 Å². The zero-order chi connectivity index (χ0) is 39.5. The number of nitrogens with two attached hydrogens (primary N) is 4. The third-order valence-corrected chi connectivity index (χ3v) is 10.4. The fraction of sp³-hybridized carbons (Fsp3) is 0.371. The number of carbonyl (C=O) groups is 3. The van der Waals surface area contributed by atoms with Crippen LogP contribution in [-0.2, 0) is 42.9 Å². The second-order valence-corrected chi connectivity index (χ2v) is 14.9. The summed E-state index contributed by atoms with van der Waals surface area (Å²) in [4.78, 5) is 46.9. The van der Waals surface area contributed by atoms with E-state index in [2.05, 4.69) is 19.9 Å². The molecule has 19 heteroatoms. The summed E-state index contributed by atoms with van der Waals surface area (Å²) < 4.78 is 7.41. The Hall–Kier alpha value is -5.15. The first kappa shape index (κ1) is 41.6. The van der Waals surface area contributed by atoms with E-state index in [9.17, 15) is 29.7 Å². The number of nitrogen functional groups attached to an aromatic ring is 1. The van der Waals surface area contributed by atoms with Crippen LogP contribution in [0.1, 0.15) is 23.8 Å². The maximum absolute atomic E-state index is 10.8. The van der Waals surface area contributed by atoms with Gasteiger partial charge in [-0.2, -0.15) is 0 Å². The molecule has 0 spiro atoms. The average Bonchev–Trinajstić information content (AvgIpc) is 3.84. The summed E-state index contributed by atoms with van der Waals surface area (Å²) in [6, 6.07) is 14.4. The average molecular weight is 768 g/mol. The van der Waals surface area contributed by atoms with Gasteiger partial charge >= 0.3 is 11.9 Å². The Morgan fingerprint density at radius 3 is 2.26 bits per heavy atom. The van der Waals surface area contributed by atoms with Gasteiger partial charge in [-0.25, -0.2) is 15.0 Å². The number of carboxylic acids is 3. The van der Waals surface area contributed by atoms with E-state index < -0.39 is 60.6 Å². The number of carbonyl (C=O) groups excluding carboxylic acids is 1. The van der Waals surface area contributed by atoms with Crippen LogP contribution in [0.4, 0.5) is 5.82 Å². The van der Waals surface area contributed by atoms with Crippen molar-refractivity contribution in [2.24, 2.45) is 17.2 Å². The van der Waals surface area contributed by atoms with Crippen molar-refractivity contribution in [2.45, 2.75) is 61.9 Å². The number of hydrogen-bond donors (Lipinski definition) is 9. The number of para-hydroxylation sites is 1. The Kier molecular flexibility index (Phi) is 14.8. The van der Waals surface area contributed by atoms with Gasteiger partial charge in [0.05, 0.1) is 18.6 Å². The number of aliphatic hydroxyl groups is 2. The molecule has 4 heterocycles. The van der Waals surface area contributed by atoms with Gasteiger partial charge in [-0.3, -0.25) is 14.2 Å². The fourth-order valence-electron chi connectivity index (χ4n) is 5.54. The molecule has 6 rings (SSSR count). The molecule has 1 fully saturated rings. The number of imidazole rings is 1. The number of ether oxygens (including phenoxy) is 1. The van der Waals surface area contributed by atoms with Gasteiger partial charge in [0.2, 0.25) is 0 Å². The highest BCUT2D eigenvalue weighted by Gasteiger charge is 2.46. The minimum atomic E-state index is -1.22. The van der Waals surface area contributed by atoms with Crippen molar-refractivity contribution in [3.05, 3.63) is 84.6 Å². The lowest BCUT2D eigenvalue weighted by Crippen LogP contribution is -2.43. The Morgan fingerprint density at radius 2 is 1.59 bits per heavy atom. The number of H-pyrrole nitrogens is 1. The molecular weight excluding hydrogens is 723 g/mol.